The molecule has 0 aromatic carbocycles. The number of carbonyl (C=O) groups is 1. The normalized spacial score (nSPS) is 18.7. The van der Waals surface area contributed by atoms with Gasteiger partial charge in [0.2, 0.25) is 0 Å². The number of nitrogens with one attached hydrogen (secondary N) is 1. The fourth-order valence-electron chi connectivity index (χ4n) is 2.93. The summed E-state index contributed by atoms with van der Waals surface area (Å²) in [5.74, 6) is 0.645. The molecular formula is C16H20N4O4. The van der Waals surface area contributed by atoms with Crippen LogP contribution in [0.5, 0.6) is 0 Å². The summed E-state index contributed by atoms with van der Waals surface area (Å²) in [4.78, 5) is 33.9. The van der Waals surface area contributed by atoms with Crippen LogP contribution < -0.4 is 5.56 Å². The summed E-state index contributed by atoms with van der Waals surface area (Å²) in [5.41, 5.74) is -0.121. The minimum absolute atomic E-state index is 0.0422. The summed E-state index contributed by atoms with van der Waals surface area (Å²) in [5, 5.41) is 9.33. The van der Waals surface area contributed by atoms with Gasteiger partial charge >= 0.3 is 0 Å². The third kappa shape index (κ3) is 3.72. The van der Waals surface area contributed by atoms with E-state index in [1.807, 2.05) is 12.1 Å². The summed E-state index contributed by atoms with van der Waals surface area (Å²) in [6.45, 7) is 2.44. The Morgan fingerprint density at radius 3 is 3.00 bits per heavy atom. The van der Waals surface area contributed by atoms with Gasteiger partial charge < -0.3 is 19.4 Å². The number of carbonyl (C=O) groups excluding carboxylic acids is 1. The number of amides is 1. The van der Waals surface area contributed by atoms with Crippen LogP contribution in [0.3, 0.4) is 0 Å². The molecule has 24 heavy (non-hydrogen) atoms. The van der Waals surface area contributed by atoms with E-state index in [1.165, 1.54) is 6.20 Å². The Hall–Kier alpha value is -2.45. The van der Waals surface area contributed by atoms with Gasteiger partial charge in [-0.3, -0.25) is 14.5 Å². The second-order valence-corrected chi connectivity index (χ2v) is 5.76. The Morgan fingerprint density at radius 2 is 2.33 bits per heavy atom. The molecule has 0 bridgehead atoms. The topological polar surface area (TPSA) is 103 Å². The number of aliphatic hydroxyl groups excluding tert-OH is 1. The lowest BCUT2D eigenvalue weighted by molar-refractivity contribution is 0.0368. The lowest BCUT2D eigenvalue weighted by atomic mass is 10.1. The number of hydrogen-bond acceptors (Lipinski definition) is 6. The number of rotatable bonds is 5. The van der Waals surface area contributed by atoms with E-state index in [0.717, 1.165) is 12.0 Å². The van der Waals surface area contributed by atoms with E-state index in [4.69, 9.17) is 4.42 Å². The maximum atomic E-state index is 12.5. The summed E-state index contributed by atoms with van der Waals surface area (Å²) in [7, 11) is 0. The van der Waals surface area contributed by atoms with E-state index in [9.17, 15) is 14.7 Å². The van der Waals surface area contributed by atoms with E-state index in [0.29, 0.717) is 32.6 Å². The molecule has 0 aliphatic carbocycles. The molecular weight excluding hydrogens is 312 g/mol. The lowest BCUT2D eigenvalue weighted by Crippen LogP contribution is -2.54. The summed E-state index contributed by atoms with van der Waals surface area (Å²) in [6.07, 6.45) is 4.65. The SMILES string of the molecule is O=C(c1c[nH]c(=O)cn1)N1CCN(Cc2ccco2)C(CCO)C1. The Morgan fingerprint density at radius 1 is 1.46 bits per heavy atom. The fraction of sp³-hybridized carbons (Fsp3) is 0.438. The average molecular weight is 332 g/mol. The fourth-order valence-corrected chi connectivity index (χ4v) is 2.93. The van der Waals surface area contributed by atoms with E-state index in [-0.39, 0.29) is 29.8 Å². The Kier molecular flexibility index (Phi) is 5.07. The Balaban J connectivity index is 1.68. The molecule has 8 nitrogen and oxygen atoms in total. The van der Waals surface area contributed by atoms with Gasteiger partial charge in [-0.05, 0) is 18.6 Å². The molecule has 3 rings (SSSR count). The largest absolute Gasteiger partial charge is 0.468 e. The highest BCUT2D eigenvalue weighted by atomic mass is 16.3. The summed E-state index contributed by atoms with van der Waals surface area (Å²) >= 11 is 0. The molecule has 2 aromatic heterocycles. The zero-order chi connectivity index (χ0) is 16.9. The van der Waals surface area contributed by atoms with Crippen LogP contribution in [0.1, 0.15) is 22.7 Å². The van der Waals surface area contributed by atoms with Gasteiger partial charge in [-0.2, -0.15) is 0 Å². The zero-order valence-electron chi connectivity index (χ0n) is 13.2. The molecule has 0 spiro atoms. The van der Waals surface area contributed by atoms with Gasteiger partial charge in [0.25, 0.3) is 11.5 Å². The third-order valence-electron chi connectivity index (χ3n) is 4.18. The van der Waals surface area contributed by atoms with Gasteiger partial charge in [0.1, 0.15) is 11.5 Å². The van der Waals surface area contributed by atoms with E-state index < -0.39 is 0 Å². The van der Waals surface area contributed by atoms with Crippen molar-refractivity contribution in [2.45, 2.75) is 19.0 Å². The monoisotopic (exact) mass is 332 g/mol. The zero-order valence-corrected chi connectivity index (χ0v) is 13.2. The molecule has 3 heterocycles. The predicted molar refractivity (Wildman–Crippen MR) is 85.4 cm³/mol. The molecule has 1 unspecified atom stereocenters. The van der Waals surface area contributed by atoms with Gasteiger partial charge in [0.15, 0.2) is 0 Å². The van der Waals surface area contributed by atoms with Crippen LogP contribution in [-0.4, -0.2) is 63.1 Å². The van der Waals surface area contributed by atoms with Crippen LogP contribution in [0.25, 0.3) is 0 Å². The van der Waals surface area contributed by atoms with Crippen molar-refractivity contribution >= 4 is 5.91 Å². The van der Waals surface area contributed by atoms with Crippen LogP contribution >= 0.6 is 0 Å². The highest BCUT2D eigenvalue weighted by Crippen LogP contribution is 2.18. The second kappa shape index (κ2) is 7.41. The first-order valence-corrected chi connectivity index (χ1v) is 7.88. The van der Waals surface area contributed by atoms with Gasteiger partial charge in [0.05, 0.1) is 19.0 Å². The second-order valence-electron chi connectivity index (χ2n) is 5.76. The number of aromatic amines is 1. The minimum atomic E-state index is -0.340. The first kappa shape index (κ1) is 16.4. The molecule has 2 N–H and O–H groups in total. The van der Waals surface area contributed by atoms with Gasteiger partial charge in [0, 0.05) is 38.5 Å². The van der Waals surface area contributed by atoms with Crippen molar-refractivity contribution in [2.75, 3.05) is 26.2 Å². The molecule has 1 aliphatic heterocycles. The van der Waals surface area contributed by atoms with Crippen molar-refractivity contribution < 1.29 is 14.3 Å². The smallest absolute Gasteiger partial charge is 0.274 e. The van der Waals surface area contributed by atoms with Crippen LogP contribution in [0.4, 0.5) is 0 Å². The number of H-pyrrole nitrogens is 1. The Bertz CT molecular complexity index is 707. The first-order chi connectivity index (χ1) is 11.7. The van der Waals surface area contributed by atoms with Gasteiger partial charge in [-0.25, -0.2) is 4.98 Å². The maximum Gasteiger partial charge on any atom is 0.274 e. The number of aliphatic hydroxyl groups is 1. The quantitative estimate of drug-likeness (QED) is 0.803. The molecule has 2 aromatic rings. The number of hydrogen-bond donors (Lipinski definition) is 2. The predicted octanol–water partition coefficient (Wildman–Crippen LogP) is 0.0719. The molecule has 1 amide bonds. The Labute approximate surface area is 138 Å². The first-order valence-electron chi connectivity index (χ1n) is 7.88. The average Bonchev–Trinajstić information content (AvgIpc) is 3.10. The molecule has 1 saturated heterocycles. The maximum absolute atomic E-state index is 12.5. The number of nitrogens with zero attached hydrogens (tertiary/aromatic N) is 3. The van der Waals surface area contributed by atoms with E-state index in [1.54, 1.807) is 11.2 Å². The highest BCUT2D eigenvalue weighted by molar-refractivity contribution is 5.92. The number of piperazine rings is 1. The number of furan rings is 1. The summed E-state index contributed by atoms with van der Waals surface area (Å²) in [6, 6.07) is 3.80. The van der Waals surface area contributed by atoms with E-state index in [2.05, 4.69) is 14.9 Å². The van der Waals surface area contributed by atoms with Crippen LogP contribution in [0.15, 0.2) is 40.0 Å². The summed E-state index contributed by atoms with van der Waals surface area (Å²) < 4.78 is 5.39. The number of aromatic nitrogens is 2. The molecule has 128 valence electrons. The lowest BCUT2D eigenvalue weighted by Gasteiger charge is -2.40. The third-order valence-corrected chi connectivity index (χ3v) is 4.18. The molecule has 1 atom stereocenters. The molecule has 8 heteroatoms. The van der Waals surface area contributed by atoms with Crippen LogP contribution in [-0.2, 0) is 6.54 Å². The molecule has 0 radical (unpaired) electrons. The minimum Gasteiger partial charge on any atom is -0.468 e. The van der Waals surface area contributed by atoms with E-state index >= 15 is 0 Å². The van der Waals surface area contributed by atoms with Crippen molar-refractivity contribution in [1.29, 1.82) is 0 Å². The van der Waals surface area contributed by atoms with Crippen molar-refractivity contribution in [3.63, 3.8) is 0 Å². The van der Waals surface area contributed by atoms with Crippen molar-refractivity contribution in [2.24, 2.45) is 0 Å². The van der Waals surface area contributed by atoms with Crippen LogP contribution in [0, 0.1) is 0 Å². The van der Waals surface area contributed by atoms with Gasteiger partial charge in [-0.1, -0.05) is 0 Å². The molecule has 1 aliphatic rings. The van der Waals surface area contributed by atoms with Crippen molar-refractivity contribution in [3.05, 3.63) is 52.6 Å². The highest BCUT2D eigenvalue weighted by Gasteiger charge is 2.30. The van der Waals surface area contributed by atoms with Crippen molar-refractivity contribution in [3.8, 4) is 0 Å². The molecule has 0 saturated carbocycles. The van der Waals surface area contributed by atoms with Gasteiger partial charge in [-0.15, -0.1) is 0 Å². The van der Waals surface area contributed by atoms with Crippen molar-refractivity contribution in [1.82, 2.24) is 19.8 Å². The molecule has 1 fully saturated rings. The van der Waals surface area contributed by atoms with Crippen LogP contribution in [0.2, 0.25) is 0 Å². The standard InChI is InChI=1S/C16H20N4O4/c21-6-3-12-10-20(16(23)14-8-18-15(22)9-17-14)5-4-19(12)11-13-2-1-7-24-13/h1-2,7-9,12,21H,3-6,10-11H2,(H,18,22).